The standard InChI is InChI=1S/C20H32N4O3.HI/c1-3-21-19(22-14-20(2,26)17-9-6-12-27-17)23-16-10-11-24(13-16)18(25)15-7-4-5-8-15;/h6,9,12,15-16,26H,3-5,7-8,10-11,13-14H2,1-2H3,(H2,21,22,23);1H. The van der Waals surface area contributed by atoms with E-state index >= 15 is 0 Å². The molecule has 3 N–H and O–H groups in total. The topological polar surface area (TPSA) is 90.1 Å². The minimum atomic E-state index is -1.16. The van der Waals surface area contributed by atoms with Crippen molar-refractivity contribution in [2.75, 3.05) is 26.2 Å². The van der Waals surface area contributed by atoms with Gasteiger partial charge in [-0.3, -0.25) is 4.79 Å². The molecule has 1 saturated carbocycles. The van der Waals surface area contributed by atoms with Crippen LogP contribution in [0, 0.1) is 5.92 Å². The molecule has 2 atom stereocenters. The molecule has 1 aliphatic heterocycles. The van der Waals surface area contributed by atoms with Gasteiger partial charge in [0.25, 0.3) is 0 Å². The second-order valence-corrected chi connectivity index (χ2v) is 7.84. The van der Waals surface area contributed by atoms with E-state index in [9.17, 15) is 9.90 Å². The molecule has 1 aliphatic carbocycles. The van der Waals surface area contributed by atoms with E-state index in [-0.39, 0.29) is 42.5 Å². The number of amides is 1. The quantitative estimate of drug-likeness (QED) is 0.315. The molecule has 158 valence electrons. The van der Waals surface area contributed by atoms with Crippen molar-refractivity contribution in [3.8, 4) is 0 Å². The molecule has 0 aromatic carbocycles. The maximum atomic E-state index is 12.6. The number of carbonyl (C=O) groups excluding carboxylic acids is 1. The molecule has 2 unspecified atom stereocenters. The number of carbonyl (C=O) groups is 1. The smallest absolute Gasteiger partial charge is 0.225 e. The lowest BCUT2D eigenvalue weighted by atomic mass is 10.0. The highest BCUT2D eigenvalue weighted by Gasteiger charge is 2.32. The van der Waals surface area contributed by atoms with Crippen LogP contribution in [0.4, 0.5) is 0 Å². The monoisotopic (exact) mass is 504 g/mol. The van der Waals surface area contributed by atoms with Gasteiger partial charge in [-0.05, 0) is 45.2 Å². The van der Waals surface area contributed by atoms with Crippen molar-refractivity contribution in [1.29, 1.82) is 0 Å². The summed E-state index contributed by atoms with van der Waals surface area (Å²) >= 11 is 0. The molecule has 8 heteroatoms. The Morgan fingerprint density at radius 3 is 2.79 bits per heavy atom. The number of aliphatic hydroxyl groups is 1. The van der Waals surface area contributed by atoms with Crippen molar-refractivity contribution in [3.63, 3.8) is 0 Å². The number of hydrogen-bond donors (Lipinski definition) is 3. The van der Waals surface area contributed by atoms with E-state index in [2.05, 4.69) is 15.6 Å². The minimum absolute atomic E-state index is 0. The fourth-order valence-corrected chi connectivity index (χ4v) is 3.92. The lowest BCUT2D eigenvalue weighted by molar-refractivity contribution is -0.134. The van der Waals surface area contributed by atoms with E-state index in [0.717, 1.165) is 32.4 Å². The van der Waals surface area contributed by atoms with Crippen LogP contribution in [0.5, 0.6) is 0 Å². The van der Waals surface area contributed by atoms with Gasteiger partial charge in [-0.1, -0.05) is 12.8 Å². The third-order valence-corrected chi connectivity index (χ3v) is 5.49. The summed E-state index contributed by atoms with van der Waals surface area (Å²) in [5, 5.41) is 17.2. The predicted octanol–water partition coefficient (Wildman–Crippen LogP) is 2.45. The SMILES string of the molecule is CCNC(=NCC(C)(O)c1ccco1)NC1CCN(C(=O)C2CCCC2)C1.I. The van der Waals surface area contributed by atoms with E-state index in [4.69, 9.17) is 4.42 Å². The number of hydrogen-bond acceptors (Lipinski definition) is 4. The summed E-state index contributed by atoms with van der Waals surface area (Å²) in [4.78, 5) is 19.1. The number of nitrogens with one attached hydrogen (secondary N) is 2. The molecule has 2 fully saturated rings. The molecule has 2 heterocycles. The lowest BCUT2D eigenvalue weighted by Crippen LogP contribution is -2.46. The molecule has 1 amide bonds. The van der Waals surface area contributed by atoms with Gasteiger partial charge in [-0.25, -0.2) is 4.99 Å². The van der Waals surface area contributed by atoms with Crippen molar-refractivity contribution in [2.45, 2.75) is 57.6 Å². The molecule has 1 aromatic rings. The fraction of sp³-hybridized carbons (Fsp3) is 0.700. The summed E-state index contributed by atoms with van der Waals surface area (Å²) in [5.41, 5.74) is -1.16. The summed E-state index contributed by atoms with van der Waals surface area (Å²) in [6.45, 7) is 6.13. The molecular weight excluding hydrogens is 471 g/mol. The van der Waals surface area contributed by atoms with E-state index < -0.39 is 5.60 Å². The van der Waals surface area contributed by atoms with Gasteiger partial charge < -0.3 is 25.1 Å². The van der Waals surface area contributed by atoms with Gasteiger partial charge in [0.1, 0.15) is 11.4 Å². The molecule has 7 nitrogen and oxygen atoms in total. The van der Waals surface area contributed by atoms with Crippen LogP contribution < -0.4 is 10.6 Å². The number of aliphatic imine (C=N–C) groups is 1. The fourth-order valence-electron chi connectivity index (χ4n) is 3.92. The van der Waals surface area contributed by atoms with Crippen molar-refractivity contribution in [1.82, 2.24) is 15.5 Å². The van der Waals surface area contributed by atoms with Crippen molar-refractivity contribution in [3.05, 3.63) is 24.2 Å². The Balaban J connectivity index is 0.00000280. The molecule has 28 heavy (non-hydrogen) atoms. The highest BCUT2D eigenvalue weighted by Crippen LogP contribution is 2.28. The van der Waals surface area contributed by atoms with Gasteiger partial charge in [-0.2, -0.15) is 0 Å². The van der Waals surface area contributed by atoms with Gasteiger partial charge in [0.15, 0.2) is 5.96 Å². The normalized spacial score (nSPS) is 22.6. The number of halogens is 1. The van der Waals surface area contributed by atoms with E-state index in [1.807, 2.05) is 11.8 Å². The number of guanidine groups is 1. The first-order valence-electron chi connectivity index (χ1n) is 10.1. The van der Waals surface area contributed by atoms with Crippen LogP contribution >= 0.6 is 24.0 Å². The average molecular weight is 504 g/mol. The highest BCUT2D eigenvalue weighted by molar-refractivity contribution is 14.0. The second-order valence-electron chi connectivity index (χ2n) is 7.84. The average Bonchev–Trinajstić information content (AvgIpc) is 3.42. The maximum Gasteiger partial charge on any atom is 0.225 e. The van der Waals surface area contributed by atoms with E-state index in [1.165, 1.54) is 12.8 Å². The second kappa shape index (κ2) is 10.5. The van der Waals surface area contributed by atoms with Crippen molar-refractivity contribution < 1.29 is 14.3 Å². The Labute approximate surface area is 184 Å². The van der Waals surface area contributed by atoms with Crippen LogP contribution in [-0.4, -0.2) is 54.1 Å². The van der Waals surface area contributed by atoms with Crippen LogP contribution in [0.2, 0.25) is 0 Å². The number of nitrogens with zero attached hydrogens (tertiary/aromatic N) is 2. The van der Waals surface area contributed by atoms with Crippen molar-refractivity contribution in [2.24, 2.45) is 10.9 Å². The van der Waals surface area contributed by atoms with Gasteiger partial charge in [0, 0.05) is 31.6 Å². The molecule has 3 rings (SSSR count). The predicted molar refractivity (Wildman–Crippen MR) is 120 cm³/mol. The van der Waals surface area contributed by atoms with Crippen LogP contribution in [0.15, 0.2) is 27.8 Å². The third kappa shape index (κ3) is 5.85. The Morgan fingerprint density at radius 2 is 2.14 bits per heavy atom. The molecule has 0 bridgehead atoms. The number of furan rings is 1. The first-order valence-corrected chi connectivity index (χ1v) is 10.1. The van der Waals surface area contributed by atoms with Crippen LogP contribution in [-0.2, 0) is 10.4 Å². The molecule has 2 aliphatic rings. The van der Waals surface area contributed by atoms with E-state index in [0.29, 0.717) is 24.2 Å². The van der Waals surface area contributed by atoms with Gasteiger partial charge in [0.05, 0.1) is 12.8 Å². The zero-order valence-electron chi connectivity index (χ0n) is 16.8. The molecule has 0 radical (unpaired) electrons. The Hall–Kier alpha value is -1.29. The van der Waals surface area contributed by atoms with E-state index in [1.54, 1.807) is 25.3 Å². The van der Waals surface area contributed by atoms with Crippen LogP contribution in [0.25, 0.3) is 0 Å². The maximum absolute atomic E-state index is 12.6. The van der Waals surface area contributed by atoms with Gasteiger partial charge >= 0.3 is 0 Å². The van der Waals surface area contributed by atoms with Crippen LogP contribution in [0.1, 0.15) is 51.7 Å². The Bertz CT molecular complexity index is 642. The minimum Gasteiger partial charge on any atom is -0.466 e. The number of rotatable bonds is 6. The van der Waals surface area contributed by atoms with Gasteiger partial charge in [0.2, 0.25) is 5.91 Å². The van der Waals surface area contributed by atoms with Gasteiger partial charge in [-0.15, -0.1) is 24.0 Å². The molecule has 1 saturated heterocycles. The molecule has 0 spiro atoms. The zero-order valence-corrected chi connectivity index (χ0v) is 19.1. The van der Waals surface area contributed by atoms with Crippen molar-refractivity contribution >= 4 is 35.8 Å². The Morgan fingerprint density at radius 1 is 1.39 bits per heavy atom. The number of likely N-dealkylation sites (tertiary alicyclic amines) is 1. The largest absolute Gasteiger partial charge is 0.466 e. The summed E-state index contributed by atoms with van der Waals surface area (Å²) in [5.74, 6) is 1.70. The zero-order chi connectivity index (χ0) is 19.3. The summed E-state index contributed by atoms with van der Waals surface area (Å²) < 4.78 is 5.31. The summed E-state index contributed by atoms with van der Waals surface area (Å²) in [7, 11) is 0. The summed E-state index contributed by atoms with van der Waals surface area (Å²) in [6, 6.07) is 3.69. The summed E-state index contributed by atoms with van der Waals surface area (Å²) in [6.07, 6.45) is 6.90. The Kier molecular flexibility index (Phi) is 8.60. The highest BCUT2D eigenvalue weighted by atomic mass is 127. The molecular formula is C20H33IN4O3. The third-order valence-electron chi connectivity index (χ3n) is 5.49. The lowest BCUT2D eigenvalue weighted by Gasteiger charge is -2.22. The first-order chi connectivity index (χ1) is 13.0. The molecule has 1 aromatic heterocycles. The van der Waals surface area contributed by atoms with Crippen LogP contribution in [0.3, 0.4) is 0 Å². The first kappa shape index (κ1) is 23.0.